The molecule has 1 aliphatic heterocycles. The molecule has 1 aliphatic rings. The number of nitrogens with zero attached hydrogens (tertiary/aromatic N) is 4. The molecule has 4 heterocycles. The van der Waals surface area contributed by atoms with Crippen molar-refractivity contribution in [3.8, 4) is 45.1 Å². The molecule has 0 bridgehead atoms. The molecule has 4 nitrogen and oxygen atoms in total. The smallest absolute Gasteiger partial charge is 0.203 e. The van der Waals surface area contributed by atoms with E-state index in [4.69, 9.17) is 9.97 Å². The zero-order chi connectivity index (χ0) is 41.5. The van der Waals surface area contributed by atoms with E-state index in [1.54, 1.807) is 0 Å². The van der Waals surface area contributed by atoms with Crippen LogP contribution in [0.5, 0.6) is 0 Å². The Balaban J connectivity index is 1.04. The van der Waals surface area contributed by atoms with Crippen LogP contribution in [0.15, 0.2) is 231 Å². The van der Waals surface area contributed by atoms with Gasteiger partial charge in [-0.2, -0.15) is 0 Å². The molecule has 0 N–H and O–H groups in total. The van der Waals surface area contributed by atoms with Gasteiger partial charge in [-0.25, -0.2) is 9.97 Å². The Bertz CT molecular complexity index is 3670. The van der Waals surface area contributed by atoms with Crippen LogP contribution in [0.25, 0.3) is 88.8 Å². The molecule has 9 aromatic carbocycles. The topological polar surface area (TPSA) is 35.6 Å². The van der Waals surface area contributed by atoms with E-state index in [1.165, 1.54) is 64.7 Å². The lowest BCUT2D eigenvalue weighted by molar-refractivity contribution is 1.17. The quantitative estimate of drug-likeness (QED) is 0.157. The highest BCUT2D eigenvalue weighted by molar-refractivity contribution is 7.21. The summed E-state index contributed by atoms with van der Waals surface area (Å²) < 4.78 is 4.82. The van der Waals surface area contributed by atoms with E-state index in [-0.39, 0.29) is 0 Å². The van der Waals surface area contributed by atoms with E-state index in [0.29, 0.717) is 0 Å². The average Bonchev–Trinajstić information content (AvgIpc) is 3.99. The van der Waals surface area contributed by atoms with Crippen LogP contribution in [0.3, 0.4) is 0 Å². The lowest BCUT2D eigenvalue weighted by Gasteiger charge is -2.30. The van der Waals surface area contributed by atoms with Crippen LogP contribution in [0.2, 0.25) is 0 Å². The molecule has 3 aromatic heterocycles. The maximum Gasteiger partial charge on any atom is 0.203 e. The van der Waals surface area contributed by atoms with E-state index in [9.17, 15) is 0 Å². The van der Waals surface area contributed by atoms with Crippen LogP contribution in [-0.4, -0.2) is 27.2 Å². The molecular formula is C58H38N4Si. The summed E-state index contributed by atoms with van der Waals surface area (Å²) in [5.74, 6) is 0.730. The van der Waals surface area contributed by atoms with E-state index in [1.807, 2.05) is 0 Å². The van der Waals surface area contributed by atoms with Crippen molar-refractivity contribution in [1.82, 2.24) is 19.1 Å². The standard InChI is InChI=1S/C58H38N4Si/c1-5-19-39(20-6-1)56-55-47-29-15-18-32-52(47)63(43-23-9-3-10-24-43,44-25-11-4-12-26-44)58(55)60-57(59-56)40-33-35-42(36-34-40)62-49-31-17-14-28-46(49)54-51(62)38-37-50-53(54)45-27-13-16-30-48(45)61(50)41-21-7-2-8-22-41/h1-38H. The lowest BCUT2D eigenvalue weighted by atomic mass is 10.0. The van der Waals surface area contributed by atoms with Gasteiger partial charge in [0.1, 0.15) is 0 Å². The van der Waals surface area contributed by atoms with Gasteiger partial charge in [0.2, 0.25) is 8.07 Å². The number of rotatable bonds is 6. The molecule has 5 heteroatoms. The summed E-state index contributed by atoms with van der Waals surface area (Å²) in [6.45, 7) is 0. The summed E-state index contributed by atoms with van der Waals surface area (Å²) in [6.07, 6.45) is 0. The Kier molecular flexibility index (Phi) is 7.89. The van der Waals surface area contributed by atoms with Crippen molar-refractivity contribution < 1.29 is 0 Å². The van der Waals surface area contributed by atoms with Crippen LogP contribution in [0, 0.1) is 0 Å². The molecule has 0 saturated carbocycles. The SMILES string of the molecule is c1ccc(-c2nc(-c3ccc(-n4c5ccccc5c5c6c7ccccc7n(-c7ccccc7)c6ccc54)cc3)nc3c2-c2ccccc2[Si]3(c2ccccc2)c2ccccc2)cc1. The van der Waals surface area contributed by atoms with Gasteiger partial charge >= 0.3 is 0 Å². The highest BCUT2D eigenvalue weighted by Crippen LogP contribution is 2.43. The van der Waals surface area contributed by atoms with Gasteiger partial charge in [0.05, 0.1) is 33.1 Å². The molecule has 0 atom stereocenters. The predicted octanol–water partition coefficient (Wildman–Crippen LogP) is 11.4. The van der Waals surface area contributed by atoms with E-state index in [0.717, 1.165) is 44.9 Å². The highest BCUT2D eigenvalue weighted by atomic mass is 28.3. The first-order valence-corrected chi connectivity index (χ1v) is 23.6. The van der Waals surface area contributed by atoms with Crippen molar-refractivity contribution in [2.45, 2.75) is 0 Å². The monoisotopic (exact) mass is 818 g/mol. The Morgan fingerprint density at radius 2 is 0.825 bits per heavy atom. The molecule has 63 heavy (non-hydrogen) atoms. The number of benzene rings is 9. The Labute approximate surface area is 365 Å². The maximum atomic E-state index is 5.75. The third kappa shape index (κ3) is 5.14. The fraction of sp³-hybridized carbons (Fsp3) is 0. The molecular weight excluding hydrogens is 781 g/mol. The number of para-hydroxylation sites is 3. The molecule has 0 unspecified atom stereocenters. The average molecular weight is 819 g/mol. The third-order valence-electron chi connectivity index (χ3n) is 13.2. The van der Waals surface area contributed by atoms with Crippen LogP contribution in [0.4, 0.5) is 0 Å². The molecule has 294 valence electrons. The van der Waals surface area contributed by atoms with Gasteiger partial charge in [-0.15, -0.1) is 0 Å². The first-order valence-electron chi connectivity index (χ1n) is 21.6. The van der Waals surface area contributed by atoms with Crippen LogP contribution >= 0.6 is 0 Å². The van der Waals surface area contributed by atoms with Gasteiger partial charge in [0.15, 0.2) is 5.82 Å². The Morgan fingerprint density at radius 1 is 0.349 bits per heavy atom. The van der Waals surface area contributed by atoms with Crippen molar-refractivity contribution in [2.75, 3.05) is 0 Å². The van der Waals surface area contributed by atoms with Crippen LogP contribution < -0.4 is 20.9 Å². The van der Waals surface area contributed by atoms with Crippen molar-refractivity contribution in [3.05, 3.63) is 231 Å². The molecule has 0 aliphatic carbocycles. The zero-order valence-corrected chi connectivity index (χ0v) is 35.2. The molecule has 13 rings (SSSR count). The van der Waals surface area contributed by atoms with Gasteiger partial charge in [0.25, 0.3) is 0 Å². The minimum atomic E-state index is -2.89. The fourth-order valence-corrected chi connectivity index (χ4v) is 15.6. The minimum Gasteiger partial charge on any atom is -0.309 e. The number of aromatic nitrogens is 4. The van der Waals surface area contributed by atoms with Crippen molar-refractivity contribution >= 4 is 72.6 Å². The molecule has 12 aromatic rings. The van der Waals surface area contributed by atoms with Gasteiger partial charge in [-0.3, -0.25) is 0 Å². The molecule has 0 radical (unpaired) electrons. The summed E-state index contributed by atoms with van der Waals surface area (Å²) in [5, 5.41) is 10.1. The third-order valence-corrected chi connectivity index (χ3v) is 17.9. The Hall–Kier alpha value is -8.12. The second-order valence-corrected chi connectivity index (χ2v) is 20.1. The second kappa shape index (κ2) is 14.0. The number of hydrogen-bond donors (Lipinski definition) is 0. The summed E-state index contributed by atoms with van der Waals surface area (Å²) in [7, 11) is -2.89. The van der Waals surface area contributed by atoms with Gasteiger partial charge in [-0.1, -0.05) is 170 Å². The van der Waals surface area contributed by atoms with Crippen molar-refractivity contribution in [2.24, 2.45) is 0 Å². The fourth-order valence-electron chi connectivity index (χ4n) is 10.6. The molecule has 0 amide bonds. The van der Waals surface area contributed by atoms with Crippen LogP contribution in [-0.2, 0) is 0 Å². The van der Waals surface area contributed by atoms with E-state index < -0.39 is 8.07 Å². The summed E-state index contributed by atoms with van der Waals surface area (Å²) >= 11 is 0. The van der Waals surface area contributed by atoms with Gasteiger partial charge < -0.3 is 9.13 Å². The summed E-state index contributed by atoms with van der Waals surface area (Å²) in [4.78, 5) is 11.3. The first kappa shape index (κ1) is 35.6. The highest BCUT2D eigenvalue weighted by Gasteiger charge is 2.51. The number of hydrogen-bond acceptors (Lipinski definition) is 2. The summed E-state index contributed by atoms with van der Waals surface area (Å²) in [6, 6.07) is 83.6. The molecule has 0 saturated heterocycles. The molecule has 0 fully saturated rings. The lowest BCUT2D eigenvalue weighted by Crippen LogP contribution is -2.73. The van der Waals surface area contributed by atoms with Gasteiger partial charge in [-0.05, 0) is 81.8 Å². The predicted molar refractivity (Wildman–Crippen MR) is 264 cm³/mol. The van der Waals surface area contributed by atoms with Gasteiger partial charge in [0, 0.05) is 49.6 Å². The maximum absolute atomic E-state index is 5.75. The zero-order valence-electron chi connectivity index (χ0n) is 34.2. The minimum absolute atomic E-state index is 0.730. The van der Waals surface area contributed by atoms with E-state index >= 15 is 0 Å². The normalized spacial score (nSPS) is 12.9. The van der Waals surface area contributed by atoms with Crippen molar-refractivity contribution in [1.29, 1.82) is 0 Å². The van der Waals surface area contributed by atoms with Crippen LogP contribution in [0.1, 0.15) is 0 Å². The summed E-state index contributed by atoms with van der Waals surface area (Å²) in [5.41, 5.74) is 12.4. The first-order chi connectivity index (χ1) is 31.3. The van der Waals surface area contributed by atoms with Crippen molar-refractivity contribution in [3.63, 3.8) is 0 Å². The molecule has 0 spiro atoms. The van der Waals surface area contributed by atoms with E-state index in [2.05, 4.69) is 240 Å². The second-order valence-electron chi connectivity index (χ2n) is 16.5. The Morgan fingerprint density at radius 3 is 1.41 bits per heavy atom. The number of fused-ring (bicyclic) bond motifs is 10. The largest absolute Gasteiger partial charge is 0.309 e.